The molecule has 1 aromatic rings. The summed E-state index contributed by atoms with van der Waals surface area (Å²) in [6, 6.07) is -1.28. The highest BCUT2D eigenvalue weighted by Gasteiger charge is 2.40. The summed E-state index contributed by atoms with van der Waals surface area (Å²) in [5.74, 6) is -0.733. The minimum Gasteiger partial charge on any atom is -0.461 e. The molecule has 0 saturated carbocycles. The van der Waals surface area contributed by atoms with Crippen molar-refractivity contribution in [1.82, 2.24) is 20.1 Å². The Hall–Kier alpha value is -1.86. The predicted octanol–water partition coefficient (Wildman–Crippen LogP) is 7.58. The van der Waals surface area contributed by atoms with E-state index in [1.165, 1.54) is 11.3 Å². The van der Waals surface area contributed by atoms with Crippen molar-refractivity contribution in [3.05, 3.63) is 16.1 Å². The van der Waals surface area contributed by atoms with Gasteiger partial charge < -0.3 is 24.5 Å². The molecule has 50 heavy (non-hydrogen) atoms. The van der Waals surface area contributed by atoms with Crippen LogP contribution in [-0.4, -0.2) is 97.0 Å². The van der Waals surface area contributed by atoms with Gasteiger partial charge in [0.15, 0.2) is 14.0 Å². The number of ether oxygens (including phenoxy) is 1. The van der Waals surface area contributed by atoms with E-state index in [2.05, 4.69) is 76.8 Å². The van der Waals surface area contributed by atoms with Crippen molar-refractivity contribution < 1.29 is 28.7 Å². The SMILES string of the molecule is CCCCCCN(C(=O)[C@@H](NC(=O)[C@H]1CCCCN1CCO[Si](C)(C)C(C)(C)C)[C@@H](C)CC)[C@H](C[C@@H](O)c1nc(C(=O)OCC)cs1)C(C)C. The maximum Gasteiger partial charge on any atom is 0.357 e. The number of piperidine rings is 1. The fourth-order valence-electron chi connectivity index (χ4n) is 6.28. The molecule has 1 aliphatic heterocycles. The molecule has 288 valence electrons. The number of carbonyl (C=O) groups excluding carboxylic acids is 3. The smallest absolute Gasteiger partial charge is 0.357 e. The largest absolute Gasteiger partial charge is 0.461 e. The molecule has 10 nitrogen and oxygen atoms in total. The van der Waals surface area contributed by atoms with Gasteiger partial charge in [-0.1, -0.05) is 87.5 Å². The number of aromatic nitrogens is 1. The van der Waals surface area contributed by atoms with Crippen LogP contribution in [0.4, 0.5) is 0 Å². The molecular formula is C38H70N4O6SSi. The Labute approximate surface area is 308 Å². The number of hydrogen-bond acceptors (Lipinski definition) is 9. The number of hydrogen-bond donors (Lipinski definition) is 2. The summed E-state index contributed by atoms with van der Waals surface area (Å²) in [5.41, 5.74) is 0.183. The molecule has 1 aromatic heterocycles. The quantitative estimate of drug-likeness (QED) is 0.0753. The second-order valence-electron chi connectivity index (χ2n) is 16.0. The van der Waals surface area contributed by atoms with Crippen LogP contribution >= 0.6 is 11.3 Å². The molecule has 1 aliphatic rings. The molecule has 5 atom stereocenters. The first kappa shape index (κ1) is 44.3. The summed E-state index contributed by atoms with van der Waals surface area (Å²) in [7, 11) is -1.91. The summed E-state index contributed by atoms with van der Waals surface area (Å²) in [4.78, 5) is 49.6. The highest BCUT2D eigenvalue weighted by molar-refractivity contribution is 7.09. The lowest BCUT2D eigenvalue weighted by molar-refractivity contribution is -0.143. The first-order valence-electron chi connectivity index (χ1n) is 19.3. The number of aliphatic hydroxyl groups excluding tert-OH is 1. The van der Waals surface area contributed by atoms with Crippen molar-refractivity contribution in [3.63, 3.8) is 0 Å². The molecule has 0 aliphatic carbocycles. The van der Waals surface area contributed by atoms with Crippen LogP contribution in [0.5, 0.6) is 0 Å². The number of rotatable bonds is 21. The Bertz CT molecular complexity index is 1190. The van der Waals surface area contributed by atoms with Crippen LogP contribution in [0.2, 0.25) is 18.1 Å². The number of nitrogens with one attached hydrogen (secondary N) is 1. The maximum absolute atomic E-state index is 14.7. The zero-order valence-electron chi connectivity index (χ0n) is 33.2. The molecule has 1 fully saturated rings. The Morgan fingerprint density at radius 3 is 2.42 bits per heavy atom. The third-order valence-electron chi connectivity index (χ3n) is 10.8. The van der Waals surface area contributed by atoms with E-state index in [1.54, 1.807) is 12.3 Å². The van der Waals surface area contributed by atoms with E-state index in [-0.39, 0.29) is 59.5 Å². The Morgan fingerprint density at radius 1 is 1.12 bits per heavy atom. The first-order valence-corrected chi connectivity index (χ1v) is 23.1. The lowest BCUT2D eigenvalue weighted by Gasteiger charge is -2.41. The van der Waals surface area contributed by atoms with Gasteiger partial charge >= 0.3 is 5.97 Å². The van der Waals surface area contributed by atoms with Crippen molar-refractivity contribution in [2.75, 3.05) is 32.8 Å². The van der Waals surface area contributed by atoms with E-state index in [4.69, 9.17) is 9.16 Å². The molecule has 12 heteroatoms. The second-order valence-corrected chi connectivity index (χ2v) is 21.7. The number of amides is 2. The normalized spacial score (nSPS) is 18.4. The van der Waals surface area contributed by atoms with Gasteiger partial charge in [-0.3, -0.25) is 14.5 Å². The molecule has 0 spiro atoms. The summed E-state index contributed by atoms with van der Waals surface area (Å²) < 4.78 is 11.6. The molecule has 0 bridgehead atoms. The molecule has 2 N–H and O–H groups in total. The number of unbranched alkanes of at least 4 members (excludes halogenated alkanes) is 3. The van der Waals surface area contributed by atoms with Gasteiger partial charge in [-0.15, -0.1) is 11.3 Å². The van der Waals surface area contributed by atoms with Crippen molar-refractivity contribution in [3.8, 4) is 0 Å². The van der Waals surface area contributed by atoms with Crippen LogP contribution in [0.15, 0.2) is 5.38 Å². The monoisotopic (exact) mass is 738 g/mol. The molecule has 0 radical (unpaired) electrons. The van der Waals surface area contributed by atoms with E-state index in [9.17, 15) is 19.5 Å². The van der Waals surface area contributed by atoms with Crippen LogP contribution in [0.3, 0.4) is 0 Å². The van der Waals surface area contributed by atoms with Crippen molar-refractivity contribution in [2.24, 2.45) is 11.8 Å². The molecule has 0 unspecified atom stereocenters. The number of likely N-dealkylation sites (tertiary alicyclic amines) is 1. The Morgan fingerprint density at radius 2 is 1.82 bits per heavy atom. The molecule has 2 rings (SSSR count). The lowest BCUT2D eigenvalue weighted by atomic mass is 9.91. The Kier molecular flexibility index (Phi) is 18.6. The van der Waals surface area contributed by atoms with E-state index in [0.717, 1.165) is 57.9 Å². The van der Waals surface area contributed by atoms with Crippen LogP contribution in [-0.2, 0) is 18.8 Å². The first-order chi connectivity index (χ1) is 23.5. The topological polar surface area (TPSA) is 121 Å². The van der Waals surface area contributed by atoms with E-state index in [1.807, 2.05) is 11.8 Å². The van der Waals surface area contributed by atoms with E-state index < -0.39 is 26.4 Å². The lowest BCUT2D eigenvalue weighted by Crippen LogP contribution is -2.59. The minimum atomic E-state index is -1.91. The molecule has 1 saturated heterocycles. The number of carbonyl (C=O) groups is 3. The zero-order chi connectivity index (χ0) is 37.6. The minimum absolute atomic E-state index is 0.0345. The number of esters is 1. The summed E-state index contributed by atoms with van der Waals surface area (Å²) in [6.45, 7) is 26.3. The third-order valence-corrected chi connectivity index (χ3v) is 16.3. The molecule has 2 amide bonds. The molecule has 2 heterocycles. The van der Waals surface area contributed by atoms with Gasteiger partial charge in [0.25, 0.3) is 0 Å². The molecule has 0 aromatic carbocycles. The van der Waals surface area contributed by atoms with Crippen molar-refractivity contribution >= 4 is 37.4 Å². The fourth-order valence-corrected chi connectivity index (χ4v) is 8.10. The van der Waals surface area contributed by atoms with E-state index >= 15 is 0 Å². The van der Waals surface area contributed by atoms with Gasteiger partial charge in [-0.05, 0) is 62.7 Å². The van der Waals surface area contributed by atoms with Crippen LogP contribution in [0.1, 0.15) is 142 Å². The van der Waals surface area contributed by atoms with Crippen molar-refractivity contribution in [2.45, 2.75) is 162 Å². The zero-order valence-corrected chi connectivity index (χ0v) is 35.0. The van der Waals surface area contributed by atoms with Crippen LogP contribution in [0.25, 0.3) is 0 Å². The number of nitrogens with zero attached hydrogens (tertiary/aromatic N) is 3. The summed E-state index contributed by atoms with van der Waals surface area (Å²) in [5, 5.41) is 16.8. The van der Waals surface area contributed by atoms with Gasteiger partial charge in [0.2, 0.25) is 11.8 Å². The van der Waals surface area contributed by atoms with Crippen LogP contribution < -0.4 is 5.32 Å². The predicted molar refractivity (Wildman–Crippen MR) is 206 cm³/mol. The number of aliphatic hydroxyl groups is 1. The standard InChI is InChI=1S/C38H70N4O6SSi/c1-12-15-16-18-22-42(31(27(4)5)25-32(43)35-39-29(26-49-35)37(46)47-14-3)36(45)33(28(6)13-2)40-34(44)30-20-17-19-21-41(30)23-24-48-50(10,11)38(7,8)9/h26-28,30-33,43H,12-25H2,1-11H3,(H,40,44)/t28-,30+,31+,32+,33-/m0/s1. The average molecular weight is 739 g/mol. The average Bonchev–Trinajstić information content (AvgIpc) is 3.56. The van der Waals surface area contributed by atoms with Gasteiger partial charge in [-0.2, -0.15) is 0 Å². The summed E-state index contributed by atoms with van der Waals surface area (Å²) in [6.07, 6.45) is 6.84. The van der Waals surface area contributed by atoms with Crippen LogP contribution in [0, 0.1) is 11.8 Å². The highest BCUT2D eigenvalue weighted by atomic mass is 32.1. The van der Waals surface area contributed by atoms with Gasteiger partial charge in [0, 0.05) is 37.5 Å². The summed E-state index contributed by atoms with van der Waals surface area (Å²) >= 11 is 1.22. The third kappa shape index (κ3) is 13.0. The molecular weight excluding hydrogens is 669 g/mol. The number of thiazole rings is 1. The van der Waals surface area contributed by atoms with E-state index in [0.29, 0.717) is 24.7 Å². The van der Waals surface area contributed by atoms with Gasteiger partial charge in [0.1, 0.15) is 17.2 Å². The van der Waals surface area contributed by atoms with Crippen molar-refractivity contribution in [1.29, 1.82) is 0 Å². The second kappa shape index (κ2) is 21.0. The Balaban J connectivity index is 2.32. The highest BCUT2D eigenvalue weighted by Crippen LogP contribution is 2.36. The fraction of sp³-hybridized carbons (Fsp3) is 0.842. The van der Waals surface area contributed by atoms with Gasteiger partial charge in [-0.25, -0.2) is 9.78 Å². The maximum atomic E-state index is 14.7. The van der Waals surface area contributed by atoms with Gasteiger partial charge in [0.05, 0.1) is 12.6 Å².